The third-order valence-electron chi connectivity index (χ3n) is 0. The first-order valence-electron chi connectivity index (χ1n) is 0. The van der Waals surface area contributed by atoms with E-state index in [1.54, 1.807) is 0 Å². The molecule has 0 amide bonds. The summed E-state index contributed by atoms with van der Waals surface area (Å²) in [7, 11) is 0. The van der Waals surface area contributed by atoms with E-state index in [1.807, 2.05) is 0 Å². The van der Waals surface area contributed by atoms with Crippen LogP contribution in [0.1, 0.15) is 0 Å². The van der Waals surface area contributed by atoms with Crippen LogP contribution in [-0.4, -0.2) is 0 Å². The van der Waals surface area contributed by atoms with Gasteiger partial charge in [0.15, 0.2) is 0 Å². The average molecular weight is 607 g/mol. The van der Waals surface area contributed by atoms with Crippen molar-refractivity contribution in [3.63, 3.8) is 0 Å². The van der Waals surface area contributed by atoms with Crippen molar-refractivity contribution in [3.8, 4) is 0 Å². The maximum atomic E-state index is 0. The van der Waals surface area contributed by atoms with E-state index < -0.39 is 0 Å². The summed E-state index contributed by atoms with van der Waals surface area (Å²) in [6, 6.07) is 0. The fraction of sp³-hybridized carbons (Fsp3) is 0. The molecule has 0 N–H and O–H groups in total. The van der Waals surface area contributed by atoms with Gasteiger partial charge in [0.2, 0.25) is 0 Å². The Kier molecular flexibility index (Phi) is 195. The van der Waals surface area contributed by atoms with Gasteiger partial charge in [0.1, 0.15) is 0 Å². The van der Waals surface area contributed by atoms with Crippen LogP contribution >= 0.6 is 71.9 Å². The molecule has 0 aliphatic heterocycles. The van der Waals surface area contributed by atoms with Gasteiger partial charge in [0.05, 0.1) is 0 Å². The summed E-state index contributed by atoms with van der Waals surface area (Å²) in [5.41, 5.74) is 0. The van der Waals surface area contributed by atoms with Crippen LogP contribution in [0.2, 0.25) is 0 Å². The fourth-order valence-electron chi connectivity index (χ4n) is 0. The zero-order valence-electron chi connectivity index (χ0n) is 2.01. The summed E-state index contributed by atoms with van der Waals surface area (Å²) < 4.78 is 0. The van der Waals surface area contributed by atoms with Crippen molar-refractivity contribution in [1.82, 2.24) is 0 Å². The number of halogens is 4. The average Bonchev–Trinajstić information content (AvgIpc) is 0. The van der Waals surface area contributed by atoms with E-state index in [-0.39, 0.29) is 117 Å². The molecule has 5 heavy (non-hydrogen) atoms. The molecule has 5 heteroatoms. The quantitative estimate of drug-likeness (QED) is 0.242. The Hall–Kier alpha value is 3.61. The van der Waals surface area contributed by atoms with Crippen molar-refractivity contribution in [3.05, 3.63) is 0 Å². The maximum Gasteiger partial charge on any atom is 0 e. The summed E-state index contributed by atoms with van der Waals surface area (Å²) in [4.78, 5) is 0. The summed E-state index contributed by atoms with van der Waals surface area (Å²) in [5.74, 6) is 0. The van der Waals surface area contributed by atoms with Crippen LogP contribution in [0.25, 0.3) is 0 Å². The van der Waals surface area contributed by atoms with Crippen molar-refractivity contribution >= 4 is 71.9 Å². The summed E-state index contributed by atoms with van der Waals surface area (Å²) >= 11 is 0. The molecule has 0 aromatic rings. The van der Waals surface area contributed by atoms with Gasteiger partial charge in [-0.2, -0.15) is 0 Å². The summed E-state index contributed by atoms with van der Waals surface area (Å²) in [5, 5.41) is 0. The van der Waals surface area contributed by atoms with Gasteiger partial charge in [0.25, 0.3) is 0 Å². The van der Waals surface area contributed by atoms with E-state index >= 15 is 0 Å². The molecule has 0 atom stereocenters. The largest absolute Gasteiger partial charge is 1.00 e. The Labute approximate surface area is 114 Å². The SMILES string of the molecule is I.I.I.[I-].[Mo]. The number of rotatable bonds is 0. The van der Waals surface area contributed by atoms with Crippen molar-refractivity contribution in [2.75, 3.05) is 0 Å². The van der Waals surface area contributed by atoms with Gasteiger partial charge >= 0.3 is 0 Å². The zero-order chi connectivity index (χ0) is 0. The minimum absolute atomic E-state index is 0. The van der Waals surface area contributed by atoms with E-state index in [4.69, 9.17) is 0 Å². The Morgan fingerprint density at radius 1 is 0.600 bits per heavy atom. The molecule has 0 unspecified atom stereocenters. The normalized spacial score (nSPS) is 0. The van der Waals surface area contributed by atoms with Gasteiger partial charge in [-0.25, -0.2) is 0 Å². The standard InChI is InChI=1S/4HI.Mo/h4*1H;/p-1. The molecule has 0 aliphatic carbocycles. The summed E-state index contributed by atoms with van der Waals surface area (Å²) in [6.07, 6.45) is 0. The Morgan fingerprint density at radius 2 is 0.600 bits per heavy atom. The molecule has 0 aromatic carbocycles. The van der Waals surface area contributed by atoms with Crippen LogP contribution in [0.3, 0.4) is 0 Å². The molecule has 0 aliphatic rings. The van der Waals surface area contributed by atoms with Gasteiger partial charge in [0, 0.05) is 21.1 Å². The smallest absolute Gasteiger partial charge is 0 e. The van der Waals surface area contributed by atoms with E-state index in [0.29, 0.717) is 0 Å². The monoisotopic (exact) mass is 609 g/mol. The molecule has 0 rings (SSSR count). The Balaban J connectivity index is 0. The second kappa shape index (κ2) is 25.5. The molecule has 0 radical (unpaired) electrons. The first kappa shape index (κ1) is 38.3. The molecule has 38 valence electrons. The van der Waals surface area contributed by atoms with Gasteiger partial charge in [-0.1, -0.05) is 0 Å². The molecule has 0 bridgehead atoms. The Morgan fingerprint density at radius 3 is 0.600 bits per heavy atom. The van der Waals surface area contributed by atoms with Crippen LogP contribution in [0.15, 0.2) is 0 Å². The fourth-order valence-corrected chi connectivity index (χ4v) is 0. The molecular weight excluding hydrogens is 604 g/mol. The van der Waals surface area contributed by atoms with Crippen LogP contribution in [0.5, 0.6) is 0 Å². The third kappa shape index (κ3) is 18.4. The van der Waals surface area contributed by atoms with Gasteiger partial charge in [-0.3, -0.25) is 0 Å². The van der Waals surface area contributed by atoms with Crippen molar-refractivity contribution < 1.29 is 45.0 Å². The van der Waals surface area contributed by atoms with Crippen LogP contribution in [-0.2, 0) is 21.1 Å². The second-order valence-electron chi connectivity index (χ2n) is 0. The first-order valence-corrected chi connectivity index (χ1v) is 0. The third-order valence-corrected chi connectivity index (χ3v) is 0. The Bertz CT molecular complexity index is 3.61. The second-order valence-corrected chi connectivity index (χ2v) is 0. The maximum absolute atomic E-state index is 0. The molecule has 0 saturated carbocycles. The van der Waals surface area contributed by atoms with Crippen LogP contribution < -0.4 is 24.0 Å². The topological polar surface area (TPSA) is 0 Å². The molecule has 0 saturated heterocycles. The molecule has 0 spiro atoms. The molecule has 0 aromatic heterocycles. The van der Waals surface area contributed by atoms with E-state index in [0.717, 1.165) is 0 Å². The van der Waals surface area contributed by atoms with Gasteiger partial charge in [-0.15, -0.1) is 71.9 Å². The van der Waals surface area contributed by atoms with E-state index in [9.17, 15) is 0 Å². The van der Waals surface area contributed by atoms with Crippen LogP contribution in [0.4, 0.5) is 0 Å². The minimum Gasteiger partial charge on any atom is -1.00 e. The minimum atomic E-state index is 0. The van der Waals surface area contributed by atoms with Gasteiger partial charge < -0.3 is 24.0 Å². The predicted octanol–water partition coefficient (Wildman–Crippen LogP) is -1.14. The van der Waals surface area contributed by atoms with E-state index in [2.05, 4.69) is 0 Å². The molecule has 0 heterocycles. The van der Waals surface area contributed by atoms with Crippen molar-refractivity contribution in [2.24, 2.45) is 0 Å². The zero-order valence-corrected chi connectivity index (χ0v) is 13.2. The van der Waals surface area contributed by atoms with Crippen molar-refractivity contribution in [1.29, 1.82) is 0 Å². The van der Waals surface area contributed by atoms with Crippen LogP contribution in [0, 0.1) is 0 Å². The summed E-state index contributed by atoms with van der Waals surface area (Å²) in [6.45, 7) is 0. The van der Waals surface area contributed by atoms with Crippen molar-refractivity contribution in [2.45, 2.75) is 0 Å². The molecular formula is H3I4Mo-. The van der Waals surface area contributed by atoms with E-state index in [1.165, 1.54) is 0 Å². The number of hydrogen-bond donors (Lipinski definition) is 0. The van der Waals surface area contributed by atoms with Gasteiger partial charge in [-0.05, 0) is 0 Å². The molecule has 0 nitrogen and oxygen atoms in total. The number of hydrogen-bond acceptors (Lipinski definition) is 0. The molecule has 0 fully saturated rings. The predicted molar refractivity (Wildman–Crippen MR) is 46.2 cm³/mol. The first-order chi connectivity index (χ1) is 0.